The normalized spacial score (nSPS) is 24.7. The number of amides is 4. The molecule has 1 spiro atoms. The number of carbonyl (C=O) groups excluding carboxylic acids is 3. The first kappa shape index (κ1) is 20.3. The Labute approximate surface area is 175 Å². The molecule has 1 aromatic rings. The summed E-state index contributed by atoms with van der Waals surface area (Å²) in [4.78, 5) is 45.5. The van der Waals surface area contributed by atoms with E-state index in [1.807, 2.05) is 5.38 Å². The summed E-state index contributed by atoms with van der Waals surface area (Å²) in [7, 11) is 0. The summed E-state index contributed by atoms with van der Waals surface area (Å²) in [6.45, 7) is 4.94. The van der Waals surface area contributed by atoms with Gasteiger partial charge in [-0.15, -0.1) is 11.3 Å². The second-order valence-corrected chi connectivity index (χ2v) is 9.50. The second kappa shape index (κ2) is 8.39. The molecule has 1 saturated carbocycles. The Hall–Kier alpha value is -2.00. The third-order valence-corrected chi connectivity index (χ3v) is 6.99. The van der Waals surface area contributed by atoms with E-state index in [0.717, 1.165) is 49.5 Å². The molecule has 0 bridgehead atoms. The molecule has 29 heavy (non-hydrogen) atoms. The van der Waals surface area contributed by atoms with Gasteiger partial charge in [-0.05, 0) is 38.1 Å². The van der Waals surface area contributed by atoms with Gasteiger partial charge in [0.2, 0.25) is 5.91 Å². The van der Waals surface area contributed by atoms with Crippen molar-refractivity contribution in [1.82, 2.24) is 20.1 Å². The van der Waals surface area contributed by atoms with E-state index in [9.17, 15) is 14.4 Å². The van der Waals surface area contributed by atoms with Crippen molar-refractivity contribution in [2.45, 2.75) is 64.0 Å². The molecule has 2 saturated heterocycles. The van der Waals surface area contributed by atoms with Crippen LogP contribution in [0.5, 0.6) is 0 Å². The minimum atomic E-state index is -0.796. The summed E-state index contributed by atoms with van der Waals surface area (Å²) in [6.07, 6.45) is 6.71. The second-order valence-electron chi connectivity index (χ2n) is 8.64. The van der Waals surface area contributed by atoms with Crippen LogP contribution in [0.15, 0.2) is 5.38 Å². The molecule has 4 amide bonds. The van der Waals surface area contributed by atoms with Crippen LogP contribution in [0.2, 0.25) is 0 Å². The zero-order chi connectivity index (χ0) is 20.4. The van der Waals surface area contributed by atoms with Crippen molar-refractivity contribution in [3.05, 3.63) is 11.1 Å². The van der Waals surface area contributed by atoms with Crippen molar-refractivity contribution in [2.75, 3.05) is 25.0 Å². The molecule has 0 aromatic carbocycles. The van der Waals surface area contributed by atoms with E-state index >= 15 is 0 Å². The smallest absolute Gasteiger partial charge is 0.323 e. The van der Waals surface area contributed by atoms with E-state index in [4.69, 9.17) is 0 Å². The van der Waals surface area contributed by atoms with Crippen LogP contribution in [-0.4, -0.2) is 57.8 Å². The van der Waals surface area contributed by atoms with Gasteiger partial charge in [0.25, 0.3) is 5.91 Å². The highest BCUT2D eigenvalue weighted by atomic mass is 32.1. The fourth-order valence-corrected chi connectivity index (χ4v) is 5.43. The Balaban J connectivity index is 1.31. The van der Waals surface area contributed by atoms with Crippen molar-refractivity contribution in [1.29, 1.82) is 0 Å². The van der Waals surface area contributed by atoms with Crippen molar-refractivity contribution >= 4 is 34.3 Å². The maximum atomic E-state index is 12.8. The average Bonchev–Trinajstić information content (AvgIpc) is 3.20. The molecule has 2 aliphatic heterocycles. The number of hydrogen-bond acceptors (Lipinski definition) is 6. The highest BCUT2D eigenvalue weighted by molar-refractivity contribution is 7.13. The monoisotopic (exact) mass is 419 g/mol. The maximum Gasteiger partial charge on any atom is 0.325 e. The number of thiazole rings is 1. The van der Waals surface area contributed by atoms with Crippen LogP contribution in [0.4, 0.5) is 9.93 Å². The number of likely N-dealkylation sites (tertiary alicyclic amines) is 1. The van der Waals surface area contributed by atoms with Crippen molar-refractivity contribution in [2.24, 2.45) is 5.92 Å². The van der Waals surface area contributed by atoms with Gasteiger partial charge in [0.05, 0.1) is 5.69 Å². The van der Waals surface area contributed by atoms with E-state index in [2.05, 4.69) is 27.4 Å². The summed E-state index contributed by atoms with van der Waals surface area (Å²) < 4.78 is 0. The third kappa shape index (κ3) is 4.45. The van der Waals surface area contributed by atoms with Gasteiger partial charge in [0.1, 0.15) is 12.1 Å². The number of urea groups is 1. The fraction of sp³-hybridized carbons (Fsp3) is 0.700. The van der Waals surface area contributed by atoms with Crippen LogP contribution in [0, 0.1) is 5.92 Å². The number of hydrogen-bond donors (Lipinski definition) is 2. The Morgan fingerprint density at radius 3 is 2.86 bits per heavy atom. The Morgan fingerprint density at radius 2 is 2.10 bits per heavy atom. The molecular weight excluding hydrogens is 390 g/mol. The van der Waals surface area contributed by atoms with Gasteiger partial charge < -0.3 is 10.6 Å². The van der Waals surface area contributed by atoms with Gasteiger partial charge in [0, 0.05) is 18.5 Å². The van der Waals surface area contributed by atoms with Crippen LogP contribution in [0.3, 0.4) is 0 Å². The van der Waals surface area contributed by atoms with E-state index < -0.39 is 17.5 Å². The molecule has 0 radical (unpaired) electrons. The standard InChI is InChI=1S/C20H29N5O3S/c1-14-6-5-9-24(10-14)11-15-13-29-18(21-15)22-16(26)12-25-17(27)20(23-19(25)28)7-3-2-4-8-20/h13-14H,2-12H2,1H3,(H,23,28)(H,21,22,26). The summed E-state index contributed by atoms with van der Waals surface area (Å²) in [5.74, 6) is 0.0448. The molecule has 158 valence electrons. The molecule has 3 heterocycles. The fourth-order valence-electron chi connectivity index (χ4n) is 4.71. The molecule has 1 aromatic heterocycles. The van der Waals surface area contributed by atoms with Crippen molar-refractivity contribution in [3.63, 3.8) is 0 Å². The predicted molar refractivity (Wildman–Crippen MR) is 110 cm³/mol. The van der Waals surface area contributed by atoms with Gasteiger partial charge in [-0.2, -0.15) is 0 Å². The number of piperidine rings is 1. The van der Waals surface area contributed by atoms with Gasteiger partial charge >= 0.3 is 6.03 Å². The lowest BCUT2D eigenvalue weighted by Crippen LogP contribution is -2.48. The Kier molecular flexibility index (Phi) is 5.87. The Bertz CT molecular complexity index is 789. The van der Waals surface area contributed by atoms with Crippen LogP contribution >= 0.6 is 11.3 Å². The minimum Gasteiger partial charge on any atom is -0.323 e. The zero-order valence-corrected chi connectivity index (χ0v) is 17.7. The lowest BCUT2D eigenvalue weighted by molar-refractivity contribution is -0.134. The van der Waals surface area contributed by atoms with E-state index in [-0.39, 0.29) is 12.5 Å². The van der Waals surface area contributed by atoms with E-state index in [0.29, 0.717) is 23.9 Å². The largest absolute Gasteiger partial charge is 0.325 e. The molecule has 9 heteroatoms. The van der Waals surface area contributed by atoms with Crippen LogP contribution in [0.1, 0.15) is 57.6 Å². The number of imide groups is 1. The van der Waals surface area contributed by atoms with E-state index in [1.165, 1.54) is 24.2 Å². The number of carbonyl (C=O) groups is 3. The van der Waals surface area contributed by atoms with Crippen molar-refractivity contribution in [3.8, 4) is 0 Å². The quantitative estimate of drug-likeness (QED) is 0.716. The molecule has 1 aliphatic carbocycles. The molecule has 2 N–H and O–H groups in total. The van der Waals surface area contributed by atoms with Crippen LogP contribution in [0.25, 0.3) is 0 Å². The number of nitrogens with one attached hydrogen (secondary N) is 2. The average molecular weight is 420 g/mol. The lowest BCUT2D eigenvalue weighted by atomic mass is 9.82. The zero-order valence-electron chi connectivity index (χ0n) is 16.9. The first-order valence-corrected chi connectivity index (χ1v) is 11.4. The third-order valence-electron chi connectivity index (χ3n) is 6.18. The number of rotatable bonds is 5. The number of anilines is 1. The number of nitrogens with zero attached hydrogens (tertiary/aromatic N) is 3. The first-order chi connectivity index (χ1) is 13.9. The molecule has 3 aliphatic rings. The van der Waals surface area contributed by atoms with Gasteiger partial charge in [0.15, 0.2) is 5.13 Å². The van der Waals surface area contributed by atoms with Crippen LogP contribution < -0.4 is 10.6 Å². The number of aromatic nitrogens is 1. The first-order valence-electron chi connectivity index (χ1n) is 10.6. The highest BCUT2D eigenvalue weighted by Gasteiger charge is 2.51. The molecule has 3 fully saturated rings. The summed E-state index contributed by atoms with van der Waals surface area (Å²) >= 11 is 1.37. The molecular formula is C20H29N5O3S. The highest BCUT2D eigenvalue weighted by Crippen LogP contribution is 2.33. The summed E-state index contributed by atoms with van der Waals surface area (Å²) in [6, 6.07) is -0.467. The maximum absolute atomic E-state index is 12.8. The van der Waals surface area contributed by atoms with Gasteiger partial charge in [-0.3, -0.25) is 19.4 Å². The van der Waals surface area contributed by atoms with Crippen LogP contribution in [-0.2, 0) is 16.1 Å². The minimum absolute atomic E-state index is 0.267. The molecule has 4 rings (SSSR count). The van der Waals surface area contributed by atoms with Gasteiger partial charge in [-0.25, -0.2) is 9.78 Å². The molecule has 1 atom stereocenters. The lowest BCUT2D eigenvalue weighted by Gasteiger charge is -2.30. The van der Waals surface area contributed by atoms with E-state index in [1.54, 1.807) is 0 Å². The molecule has 1 unspecified atom stereocenters. The SMILES string of the molecule is CC1CCCN(Cc2csc(NC(=O)CN3C(=O)NC4(CCCCC4)C3=O)n2)C1. The summed E-state index contributed by atoms with van der Waals surface area (Å²) in [5.41, 5.74) is 0.144. The van der Waals surface area contributed by atoms with Gasteiger partial charge in [-0.1, -0.05) is 26.2 Å². The Morgan fingerprint density at radius 1 is 1.31 bits per heavy atom. The topological polar surface area (TPSA) is 94.6 Å². The van der Waals surface area contributed by atoms with Crippen molar-refractivity contribution < 1.29 is 14.4 Å². The molecule has 8 nitrogen and oxygen atoms in total. The predicted octanol–water partition coefficient (Wildman–Crippen LogP) is 2.57. The summed E-state index contributed by atoms with van der Waals surface area (Å²) in [5, 5.41) is 8.04.